The fourth-order valence-electron chi connectivity index (χ4n) is 2.26. The summed E-state index contributed by atoms with van der Waals surface area (Å²) in [6.45, 7) is 0. The third-order valence-electron chi connectivity index (χ3n) is 3.28. The Morgan fingerprint density at radius 2 is 2.11 bits per heavy atom. The predicted octanol–water partition coefficient (Wildman–Crippen LogP) is 1.93. The highest BCUT2D eigenvalue weighted by molar-refractivity contribution is 5.78. The number of carboxylic acid groups (broad SMARTS) is 1. The van der Waals surface area contributed by atoms with Gasteiger partial charge >= 0.3 is 5.97 Å². The molecule has 0 heterocycles. The van der Waals surface area contributed by atoms with Crippen LogP contribution < -0.4 is 10.5 Å². The SMILES string of the molecule is NC1(C(=O)O)CCCC(Oc2ccc(F)cc2)C1. The number of nitrogens with two attached hydrogens (primary N) is 1. The number of hydrogen-bond donors (Lipinski definition) is 2. The van der Waals surface area contributed by atoms with E-state index in [1.165, 1.54) is 24.3 Å². The van der Waals surface area contributed by atoms with Crippen LogP contribution in [0.1, 0.15) is 25.7 Å². The van der Waals surface area contributed by atoms with Crippen molar-refractivity contribution in [1.29, 1.82) is 0 Å². The molecule has 1 aromatic rings. The minimum atomic E-state index is -1.21. The van der Waals surface area contributed by atoms with Crippen LogP contribution in [-0.4, -0.2) is 22.7 Å². The number of aliphatic carboxylic acids is 1. The Kier molecular flexibility index (Phi) is 3.52. The lowest BCUT2D eigenvalue weighted by atomic mass is 9.81. The van der Waals surface area contributed by atoms with Gasteiger partial charge in [0.15, 0.2) is 0 Å². The Labute approximate surface area is 105 Å². The van der Waals surface area contributed by atoms with Gasteiger partial charge in [-0.3, -0.25) is 4.79 Å². The molecule has 1 aliphatic rings. The lowest BCUT2D eigenvalue weighted by molar-refractivity contribution is -0.145. The van der Waals surface area contributed by atoms with Crippen molar-refractivity contribution in [3.63, 3.8) is 0 Å². The summed E-state index contributed by atoms with van der Waals surface area (Å²) in [4.78, 5) is 11.1. The van der Waals surface area contributed by atoms with E-state index in [-0.39, 0.29) is 18.3 Å². The smallest absolute Gasteiger partial charge is 0.323 e. The Morgan fingerprint density at radius 3 is 2.72 bits per heavy atom. The number of hydrogen-bond acceptors (Lipinski definition) is 3. The van der Waals surface area contributed by atoms with Crippen LogP contribution in [-0.2, 0) is 4.79 Å². The average molecular weight is 253 g/mol. The van der Waals surface area contributed by atoms with E-state index in [1.807, 2.05) is 0 Å². The van der Waals surface area contributed by atoms with E-state index in [2.05, 4.69) is 0 Å². The van der Waals surface area contributed by atoms with Crippen LogP contribution >= 0.6 is 0 Å². The highest BCUT2D eigenvalue weighted by atomic mass is 19.1. The van der Waals surface area contributed by atoms with Gasteiger partial charge in [0.25, 0.3) is 0 Å². The highest BCUT2D eigenvalue weighted by Crippen LogP contribution is 2.29. The molecule has 0 aliphatic heterocycles. The lowest BCUT2D eigenvalue weighted by Crippen LogP contribution is -2.53. The number of carboxylic acids is 1. The van der Waals surface area contributed by atoms with Crippen LogP contribution in [0.3, 0.4) is 0 Å². The molecule has 1 fully saturated rings. The van der Waals surface area contributed by atoms with E-state index < -0.39 is 11.5 Å². The first kappa shape index (κ1) is 12.8. The standard InChI is InChI=1S/C13H16FNO3/c14-9-3-5-10(6-4-9)18-11-2-1-7-13(15,8-11)12(16)17/h3-6,11H,1-2,7-8,15H2,(H,16,17). The molecule has 1 aliphatic carbocycles. The molecule has 2 atom stereocenters. The summed E-state index contributed by atoms with van der Waals surface area (Å²) in [6.07, 6.45) is 1.99. The van der Waals surface area contributed by atoms with E-state index in [1.54, 1.807) is 0 Å². The Morgan fingerprint density at radius 1 is 1.44 bits per heavy atom. The van der Waals surface area contributed by atoms with Gasteiger partial charge in [0.2, 0.25) is 0 Å². The largest absolute Gasteiger partial charge is 0.490 e. The summed E-state index contributed by atoms with van der Waals surface area (Å²) in [6, 6.07) is 5.68. The van der Waals surface area contributed by atoms with Crippen molar-refractivity contribution in [2.45, 2.75) is 37.3 Å². The van der Waals surface area contributed by atoms with Gasteiger partial charge in [0.1, 0.15) is 23.2 Å². The average Bonchev–Trinajstić information content (AvgIpc) is 2.32. The second-order valence-electron chi connectivity index (χ2n) is 4.75. The fourth-order valence-corrected chi connectivity index (χ4v) is 2.26. The highest BCUT2D eigenvalue weighted by Gasteiger charge is 2.40. The van der Waals surface area contributed by atoms with Crippen molar-refractivity contribution in [2.75, 3.05) is 0 Å². The predicted molar refractivity (Wildman–Crippen MR) is 63.8 cm³/mol. The van der Waals surface area contributed by atoms with Crippen molar-refractivity contribution in [2.24, 2.45) is 5.73 Å². The van der Waals surface area contributed by atoms with E-state index in [0.29, 0.717) is 18.6 Å². The topological polar surface area (TPSA) is 72.6 Å². The van der Waals surface area contributed by atoms with Crippen LogP contribution in [0.2, 0.25) is 0 Å². The van der Waals surface area contributed by atoms with E-state index in [9.17, 15) is 9.18 Å². The molecule has 1 saturated carbocycles. The van der Waals surface area contributed by atoms with Crippen LogP contribution in [0, 0.1) is 5.82 Å². The summed E-state index contributed by atoms with van der Waals surface area (Å²) in [5.74, 6) is -0.782. The Balaban J connectivity index is 2.02. The molecule has 0 amide bonds. The second kappa shape index (κ2) is 4.94. The zero-order chi connectivity index (χ0) is 13.2. The summed E-state index contributed by atoms with van der Waals surface area (Å²) in [7, 11) is 0. The quantitative estimate of drug-likeness (QED) is 0.863. The second-order valence-corrected chi connectivity index (χ2v) is 4.75. The van der Waals surface area contributed by atoms with E-state index >= 15 is 0 Å². The van der Waals surface area contributed by atoms with Crippen molar-refractivity contribution < 1.29 is 19.0 Å². The van der Waals surface area contributed by atoms with Crippen LogP contribution in [0.15, 0.2) is 24.3 Å². The molecular weight excluding hydrogens is 237 g/mol. The fraction of sp³-hybridized carbons (Fsp3) is 0.462. The molecular formula is C13H16FNO3. The number of rotatable bonds is 3. The van der Waals surface area contributed by atoms with Gasteiger partial charge in [-0.2, -0.15) is 0 Å². The molecule has 18 heavy (non-hydrogen) atoms. The first-order chi connectivity index (χ1) is 8.49. The number of benzene rings is 1. The molecule has 98 valence electrons. The zero-order valence-corrected chi connectivity index (χ0v) is 9.93. The maximum atomic E-state index is 12.7. The molecule has 2 rings (SSSR count). The van der Waals surface area contributed by atoms with Gasteiger partial charge in [-0.05, 0) is 43.5 Å². The third-order valence-corrected chi connectivity index (χ3v) is 3.28. The van der Waals surface area contributed by atoms with Crippen molar-refractivity contribution in [3.8, 4) is 5.75 Å². The zero-order valence-electron chi connectivity index (χ0n) is 9.93. The van der Waals surface area contributed by atoms with E-state index in [4.69, 9.17) is 15.6 Å². The molecule has 0 saturated heterocycles. The van der Waals surface area contributed by atoms with Crippen LogP contribution in [0.5, 0.6) is 5.75 Å². The molecule has 1 aromatic carbocycles. The molecule has 0 radical (unpaired) electrons. The molecule has 3 N–H and O–H groups in total. The minimum absolute atomic E-state index is 0.231. The van der Waals surface area contributed by atoms with E-state index in [0.717, 1.165) is 6.42 Å². The molecule has 5 heteroatoms. The first-order valence-electron chi connectivity index (χ1n) is 5.94. The summed E-state index contributed by atoms with van der Waals surface area (Å²) >= 11 is 0. The van der Waals surface area contributed by atoms with Gasteiger partial charge in [0.05, 0.1) is 0 Å². The van der Waals surface area contributed by atoms with Gasteiger partial charge in [0, 0.05) is 6.42 Å². The maximum Gasteiger partial charge on any atom is 0.323 e. The number of ether oxygens (including phenoxy) is 1. The lowest BCUT2D eigenvalue weighted by Gasteiger charge is -2.34. The first-order valence-corrected chi connectivity index (χ1v) is 5.94. The van der Waals surface area contributed by atoms with Crippen LogP contribution in [0.4, 0.5) is 4.39 Å². The van der Waals surface area contributed by atoms with Crippen LogP contribution in [0.25, 0.3) is 0 Å². The maximum absolute atomic E-state index is 12.7. The monoisotopic (exact) mass is 253 g/mol. The normalized spacial score (nSPS) is 27.8. The summed E-state index contributed by atoms with van der Waals surface area (Å²) in [5.41, 5.74) is 4.63. The number of halogens is 1. The van der Waals surface area contributed by atoms with Crippen molar-refractivity contribution in [1.82, 2.24) is 0 Å². The summed E-state index contributed by atoms with van der Waals surface area (Å²) < 4.78 is 18.4. The molecule has 0 spiro atoms. The molecule has 0 bridgehead atoms. The van der Waals surface area contributed by atoms with Gasteiger partial charge in [-0.25, -0.2) is 4.39 Å². The Hall–Kier alpha value is -1.62. The Bertz CT molecular complexity index is 434. The van der Waals surface area contributed by atoms with Gasteiger partial charge in [-0.15, -0.1) is 0 Å². The molecule has 2 unspecified atom stereocenters. The van der Waals surface area contributed by atoms with Crippen molar-refractivity contribution in [3.05, 3.63) is 30.1 Å². The van der Waals surface area contributed by atoms with Crippen molar-refractivity contribution >= 4 is 5.97 Å². The van der Waals surface area contributed by atoms with Gasteiger partial charge in [-0.1, -0.05) is 0 Å². The van der Waals surface area contributed by atoms with Gasteiger partial charge < -0.3 is 15.6 Å². The molecule has 0 aromatic heterocycles. The minimum Gasteiger partial charge on any atom is -0.490 e. The summed E-state index contributed by atoms with van der Waals surface area (Å²) in [5, 5.41) is 9.09. The molecule has 4 nitrogen and oxygen atoms in total. The third kappa shape index (κ3) is 2.79. The number of carbonyl (C=O) groups is 1.